The molecule has 1 rings (SSSR count). The Kier molecular flexibility index (Phi) is 4.38. The van der Waals surface area contributed by atoms with Crippen molar-refractivity contribution in [2.75, 3.05) is 0 Å². The van der Waals surface area contributed by atoms with E-state index in [1.807, 2.05) is 13.8 Å². The second-order valence-corrected chi connectivity index (χ2v) is 2.94. The molecule has 1 fully saturated rings. The average Bonchev–Trinajstić information content (AvgIpc) is 2.30. The highest BCUT2D eigenvalue weighted by molar-refractivity contribution is 14.1. The molecular weight excluding hydrogens is 187 g/mol. The lowest BCUT2D eigenvalue weighted by molar-refractivity contribution is 1.50. The molecule has 0 radical (unpaired) electrons. The Balaban J connectivity index is 0.000000112. The van der Waals surface area contributed by atoms with Crippen molar-refractivity contribution in [2.24, 2.45) is 0 Å². The molecule has 0 heterocycles. The van der Waals surface area contributed by atoms with Crippen LogP contribution in [0, 0.1) is 0 Å². The van der Waals surface area contributed by atoms with Gasteiger partial charge in [0.05, 0.1) is 0 Å². The van der Waals surface area contributed by atoms with E-state index in [9.17, 15) is 0 Å². The van der Waals surface area contributed by atoms with Crippen LogP contribution >= 0.6 is 22.6 Å². The molecule has 0 N–H and O–H groups in total. The van der Waals surface area contributed by atoms with Gasteiger partial charge in [0, 0.05) is 3.92 Å². The third-order valence-corrected chi connectivity index (χ3v) is 1.75. The smallest absolute Gasteiger partial charge is 0.0110 e. The lowest BCUT2D eigenvalue weighted by atomic mass is 11.0. The van der Waals surface area contributed by atoms with Crippen LogP contribution in [0.2, 0.25) is 0 Å². The first-order valence-corrected chi connectivity index (χ1v) is 3.78. The predicted molar refractivity (Wildman–Crippen MR) is 38.4 cm³/mol. The molecule has 0 saturated heterocycles. The standard InChI is InChI=1S/C3H5I.C2H6/c4-3-1-2-3;1-2/h3H,1-2H2;1-2H3. The zero-order valence-electron chi connectivity index (χ0n) is 4.37. The van der Waals surface area contributed by atoms with Gasteiger partial charge < -0.3 is 0 Å². The molecule has 1 aliphatic rings. The summed E-state index contributed by atoms with van der Waals surface area (Å²) in [5.74, 6) is 0. The van der Waals surface area contributed by atoms with Gasteiger partial charge in [-0.1, -0.05) is 36.4 Å². The molecule has 1 aliphatic carbocycles. The van der Waals surface area contributed by atoms with Gasteiger partial charge in [-0.05, 0) is 12.8 Å². The van der Waals surface area contributed by atoms with Crippen LogP contribution in [0.1, 0.15) is 26.7 Å². The molecule has 6 heavy (non-hydrogen) atoms. The summed E-state index contributed by atoms with van der Waals surface area (Å²) in [7, 11) is 0. The lowest BCUT2D eigenvalue weighted by Gasteiger charge is -1.50. The highest BCUT2D eigenvalue weighted by atomic mass is 127. The molecule has 0 bridgehead atoms. The van der Waals surface area contributed by atoms with Crippen molar-refractivity contribution in [2.45, 2.75) is 30.6 Å². The molecular formula is C5H11I. The molecule has 0 amide bonds. The van der Waals surface area contributed by atoms with Crippen molar-refractivity contribution >= 4 is 22.6 Å². The minimum Gasteiger partial charge on any atom is -0.0826 e. The molecule has 0 aromatic heterocycles. The predicted octanol–water partition coefficient (Wildman–Crippen LogP) is 2.61. The summed E-state index contributed by atoms with van der Waals surface area (Å²) in [6, 6.07) is 0. The number of halogens is 1. The van der Waals surface area contributed by atoms with Gasteiger partial charge in [0.1, 0.15) is 0 Å². The summed E-state index contributed by atoms with van der Waals surface area (Å²) >= 11 is 2.45. The molecule has 0 unspecified atom stereocenters. The molecule has 1 heteroatoms. The third kappa shape index (κ3) is 4.73. The van der Waals surface area contributed by atoms with Gasteiger partial charge in [-0.15, -0.1) is 0 Å². The molecule has 0 atom stereocenters. The van der Waals surface area contributed by atoms with Crippen molar-refractivity contribution in [1.29, 1.82) is 0 Å². The highest BCUT2D eigenvalue weighted by Gasteiger charge is 2.15. The number of alkyl halides is 1. The van der Waals surface area contributed by atoms with E-state index in [0.29, 0.717) is 0 Å². The lowest BCUT2D eigenvalue weighted by Crippen LogP contribution is -1.42. The molecule has 1 saturated carbocycles. The van der Waals surface area contributed by atoms with E-state index >= 15 is 0 Å². The summed E-state index contributed by atoms with van der Waals surface area (Å²) in [6.07, 6.45) is 2.95. The van der Waals surface area contributed by atoms with E-state index in [1.165, 1.54) is 12.8 Å². The van der Waals surface area contributed by atoms with Gasteiger partial charge in [-0.25, -0.2) is 0 Å². The maximum absolute atomic E-state index is 2.45. The number of hydrogen-bond donors (Lipinski definition) is 0. The first kappa shape index (κ1) is 6.73. The zero-order chi connectivity index (χ0) is 4.99. The summed E-state index contributed by atoms with van der Waals surface area (Å²) < 4.78 is 1.05. The van der Waals surface area contributed by atoms with Crippen LogP contribution in [0.4, 0.5) is 0 Å². The number of rotatable bonds is 0. The molecule has 38 valence electrons. The van der Waals surface area contributed by atoms with Gasteiger partial charge in [0.2, 0.25) is 0 Å². The Labute approximate surface area is 53.5 Å². The first-order chi connectivity index (χ1) is 2.89. The molecule has 0 spiro atoms. The van der Waals surface area contributed by atoms with E-state index in [1.54, 1.807) is 0 Å². The fourth-order valence-electron chi connectivity index (χ4n) is 0.0630. The van der Waals surface area contributed by atoms with Crippen LogP contribution < -0.4 is 0 Å². The quantitative estimate of drug-likeness (QED) is 0.414. The van der Waals surface area contributed by atoms with Crippen LogP contribution in [0.15, 0.2) is 0 Å². The topological polar surface area (TPSA) is 0 Å². The fraction of sp³-hybridized carbons (Fsp3) is 1.00. The Morgan fingerprint density at radius 3 is 1.50 bits per heavy atom. The van der Waals surface area contributed by atoms with Gasteiger partial charge in [-0.3, -0.25) is 0 Å². The maximum atomic E-state index is 2.45. The van der Waals surface area contributed by atoms with E-state index in [2.05, 4.69) is 22.6 Å². The van der Waals surface area contributed by atoms with E-state index in [-0.39, 0.29) is 0 Å². The minimum atomic E-state index is 1.05. The zero-order valence-corrected chi connectivity index (χ0v) is 6.53. The summed E-state index contributed by atoms with van der Waals surface area (Å²) in [4.78, 5) is 0. The number of hydrogen-bond acceptors (Lipinski definition) is 0. The van der Waals surface area contributed by atoms with E-state index in [0.717, 1.165) is 3.92 Å². The SMILES string of the molecule is CC.IC1CC1. The van der Waals surface area contributed by atoms with Crippen LogP contribution in [0.3, 0.4) is 0 Å². The minimum absolute atomic E-state index is 1.05. The third-order valence-electron chi connectivity index (χ3n) is 0.507. The molecule has 0 aromatic carbocycles. The molecule has 0 aliphatic heterocycles. The van der Waals surface area contributed by atoms with Gasteiger partial charge in [0.15, 0.2) is 0 Å². The van der Waals surface area contributed by atoms with Gasteiger partial charge >= 0.3 is 0 Å². The fourth-order valence-corrected chi connectivity index (χ4v) is 0.423. The second kappa shape index (κ2) is 3.90. The monoisotopic (exact) mass is 198 g/mol. The largest absolute Gasteiger partial charge is 0.0826 e. The van der Waals surface area contributed by atoms with E-state index in [4.69, 9.17) is 0 Å². The Hall–Kier alpha value is 0.730. The molecule has 0 nitrogen and oxygen atoms in total. The highest BCUT2D eigenvalue weighted by Crippen LogP contribution is 2.28. The van der Waals surface area contributed by atoms with Crippen molar-refractivity contribution in [3.63, 3.8) is 0 Å². The van der Waals surface area contributed by atoms with Crippen molar-refractivity contribution in [3.05, 3.63) is 0 Å². The normalized spacial score (nSPS) is 18.5. The summed E-state index contributed by atoms with van der Waals surface area (Å²) in [5, 5.41) is 0. The van der Waals surface area contributed by atoms with Crippen molar-refractivity contribution in [1.82, 2.24) is 0 Å². The van der Waals surface area contributed by atoms with Crippen LogP contribution in [-0.4, -0.2) is 3.92 Å². The Morgan fingerprint density at radius 1 is 1.33 bits per heavy atom. The summed E-state index contributed by atoms with van der Waals surface area (Å²) in [6.45, 7) is 4.00. The van der Waals surface area contributed by atoms with Gasteiger partial charge in [-0.2, -0.15) is 0 Å². The first-order valence-electron chi connectivity index (χ1n) is 2.53. The van der Waals surface area contributed by atoms with Crippen LogP contribution in [-0.2, 0) is 0 Å². The van der Waals surface area contributed by atoms with E-state index < -0.39 is 0 Å². The van der Waals surface area contributed by atoms with Crippen LogP contribution in [0.5, 0.6) is 0 Å². The molecule has 0 aromatic rings. The Morgan fingerprint density at radius 2 is 1.50 bits per heavy atom. The Bertz CT molecular complexity index is 23.1. The second-order valence-electron chi connectivity index (χ2n) is 1.17. The van der Waals surface area contributed by atoms with Gasteiger partial charge in [0.25, 0.3) is 0 Å². The maximum Gasteiger partial charge on any atom is 0.0110 e. The summed E-state index contributed by atoms with van der Waals surface area (Å²) in [5.41, 5.74) is 0. The van der Waals surface area contributed by atoms with Crippen molar-refractivity contribution in [3.8, 4) is 0 Å². The van der Waals surface area contributed by atoms with Crippen LogP contribution in [0.25, 0.3) is 0 Å². The van der Waals surface area contributed by atoms with Crippen molar-refractivity contribution < 1.29 is 0 Å². The average molecular weight is 198 g/mol.